The molecule has 8 nitrogen and oxygen atoms in total. The van der Waals surface area contributed by atoms with Gasteiger partial charge in [-0.05, 0) is 44.5 Å². The van der Waals surface area contributed by atoms with Crippen molar-refractivity contribution in [3.05, 3.63) is 46.8 Å². The number of benzene rings is 1. The number of nitrogens with one attached hydrogen (secondary N) is 1. The molecule has 1 aromatic carbocycles. The summed E-state index contributed by atoms with van der Waals surface area (Å²) >= 11 is 0. The molecule has 158 valence electrons. The van der Waals surface area contributed by atoms with E-state index < -0.39 is 0 Å². The van der Waals surface area contributed by atoms with Crippen molar-refractivity contribution >= 4 is 22.7 Å². The van der Waals surface area contributed by atoms with E-state index in [1.165, 1.54) is 0 Å². The summed E-state index contributed by atoms with van der Waals surface area (Å²) in [4.78, 5) is 19.8. The molecule has 0 unspecified atom stereocenters. The molecule has 0 atom stereocenters. The maximum absolute atomic E-state index is 13.1. The van der Waals surface area contributed by atoms with Crippen LogP contribution >= 0.6 is 0 Å². The van der Waals surface area contributed by atoms with Crippen LogP contribution in [0.25, 0.3) is 11.1 Å². The van der Waals surface area contributed by atoms with E-state index in [0.29, 0.717) is 46.1 Å². The number of aryl methyl sites for hydroxylation is 3. The van der Waals surface area contributed by atoms with E-state index in [4.69, 9.17) is 14.0 Å². The Morgan fingerprint density at radius 1 is 1.20 bits per heavy atom. The lowest BCUT2D eigenvalue weighted by atomic mass is 10.1. The Kier molecular flexibility index (Phi) is 5.96. The van der Waals surface area contributed by atoms with E-state index in [0.717, 1.165) is 38.4 Å². The van der Waals surface area contributed by atoms with Crippen molar-refractivity contribution < 1.29 is 18.8 Å². The van der Waals surface area contributed by atoms with Crippen LogP contribution < -0.4 is 10.1 Å². The van der Waals surface area contributed by atoms with E-state index >= 15 is 0 Å². The van der Waals surface area contributed by atoms with Crippen LogP contribution in [0.15, 0.2) is 28.8 Å². The van der Waals surface area contributed by atoms with Gasteiger partial charge in [0.25, 0.3) is 11.6 Å². The van der Waals surface area contributed by atoms with Crippen LogP contribution in [0.3, 0.4) is 0 Å². The maximum atomic E-state index is 13.1. The number of morpholine rings is 1. The lowest BCUT2D eigenvalue weighted by Crippen LogP contribution is -2.38. The van der Waals surface area contributed by atoms with Crippen LogP contribution in [0, 0.1) is 20.8 Å². The largest absolute Gasteiger partial charge is 0.490 e. The van der Waals surface area contributed by atoms with Gasteiger partial charge >= 0.3 is 0 Å². The van der Waals surface area contributed by atoms with Crippen molar-refractivity contribution in [3.8, 4) is 5.75 Å². The number of anilines is 1. The third-order valence-corrected chi connectivity index (χ3v) is 5.14. The van der Waals surface area contributed by atoms with Crippen LogP contribution in [0.1, 0.15) is 27.3 Å². The number of carbonyl (C=O) groups excluding carboxylic acids is 1. The SMILES string of the molecule is Cc1ccc(OCCN2CCOCC2)c(NC(=O)c2cc(C)nc3onc(C)c23)c1. The third-order valence-electron chi connectivity index (χ3n) is 5.14. The lowest BCUT2D eigenvalue weighted by Gasteiger charge is -2.26. The first-order valence-electron chi connectivity index (χ1n) is 10.1. The van der Waals surface area contributed by atoms with Crippen LogP contribution in [0.2, 0.25) is 0 Å². The van der Waals surface area contributed by atoms with Gasteiger partial charge in [-0.2, -0.15) is 0 Å². The Morgan fingerprint density at radius 2 is 2.00 bits per heavy atom. The number of fused-ring (bicyclic) bond motifs is 1. The second-order valence-electron chi connectivity index (χ2n) is 7.52. The summed E-state index contributed by atoms with van der Waals surface area (Å²) in [5, 5.41) is 7.57. The van der Waals surface area contributed by atoms with E-state index in [1.54, 1.807) is 13.0 Å². The first-order valence-corrected chi connectivity index (χ1v) is 10.1. The molecule has 3 aromatic rings. The molecule has 1 saturated heterocycles. The monoisotopic (exact) mass is 410 g/mol. The van der Waals surface area contributed by atoms with Crippen LogP contribution in [0.5, 0.6) is 5.75 Å². The molecule has 0 aliphatic carbocycles. The Balaban J connectivity index is 1.52. The number of aromatic nitrogens is 2. The summed E-state index contributed by atoms with van der Waals surface area (Å²) in [7, 11) is 0. The van der Waals surface area contributed by atoms with Gasteiger partial charge in [-0.15, -0.1) is 0 Å². The number of carbonyl (C=O) groups is 1. The molecule has 1 aliphatic rings. The highest BCUT2D eigenvalue weighted by Crippen LogP contribution is 2.28. The standard InChI is InChI=1S/C22H26N4O4/c1-14-4-5-19(29-11-8-26-6-9-28-10-7-26)18(12-14)24-21(27)17-13-15(2)23-22-20(17)16(3)25-30-22/h4-5,12-13H,6-11H2,1-3H3,(H,24,27). The molecule has 1 N–H and O–H groups in total. The summed E-state index contributed by atoms with van der Waals surface area (Å²) < 4.78 is 16.6. The van der Waals surface area contributed by atoms with Gasteiger partial charge in [-0.25, -0.2) is 4.98 Å². The summed E-state index contributed by atoms with van der Waals surface area (Å²) in [5.41, 5.74) is 3.84. The van der Waals surface area contributed by atoms with Crippen molar-refractivity contribution in [1.29, 1.82) is 0 Å². The summed E-state index contributed by atoms with van der Waals surface area (Å²) in [6, 6.07) is 7.52. The van der Waals surface area contributed by atoms with Crippen molar-refractivity contribution in [3.63, 3.8) is 0 Å². The predicted molar refractivity (Wildman–Crippen MR) is 113 cm³/mol. The third kappa shape index (κ3) is 4.44. The number of nitrogens with zero attached hydrogens (tertiary/aromatic N) is 3. The summed E-state index contributed by atoms with van der Waals surface area (Å²) in [5.74, 6) is 0.395. The topological polar surface area (TPSA) is 89.7 Å². The van der Waals surface area contributed by atoms with Gasteiger partial charge in [0, 0.05) is 25.3 Å². The van der Waals surface area contributed by atoms with Crippen molar-refractivity contribution in [1.82, 2.24) is 15.0 Å². The lowest BCUT2D eigenvalue weighted by molar-refractivity contribution is 0.0323. The smallest absolute Gasteiger partial charge is 0.258 e. The Bertz CT molecular complexity index is 1060. The van der Waals surface area contributed by atoms with Crippen LogP contribution in [-0.2, 0) is 4.74 Å². The van der Waals surface area contributed by atoms with E-state index in [2.05, 4.69) is 20.4 Å². The molecule has 0 saturated carbocycles. The molecular weight excluding hydrogens is 384 g/mol. The second-order valence-corrected chi connectivity index (χ2v) is 7.52. The fraction of sp³-hybridized carbons (Fsp3) is 0.409. The number of hydrogen-bond donors (Lipinski definition) is 1. The van der Waals surface area contributed by atoms with Gasteiger partial charge in [0.1, 0.15) is 12.4 Å². The van der Waals surface area contributed by atoms with Gasteiger partial charge in [-0.1, -0.05) is 11.2 Å². The number of ether oxygens (including phenoxy) is 2. The molecule has 8 heteroatoms. The fourth-order valence-electron chi connectivity index (χ4n) is 3.56. The minimum absolute atomic E-state index is 0.250. The zero-order valence-electron chi connectivity index (χ0n) is 17.5. The zero-order chi connectivity index (χ0) is 21.1. The molecule has 30 heavy (non-hydrogen) atoms. The van der Waals surface area contributed by atoms with Gasteiger partial charge in [0.2, 0.25) is 0 Å². The average molecular weight is 410 g/mol. The Labute approximate surface area is 175 Å². The van der Waals surface area contributed by atoms with E-state index in [9.17, 15) is 4.79 Å². The number of pyridine rings is 1. The molecule has 3 heterocycles. The number of amides is 1. The highest BCUT2D eigenvalue weighted by Gasteiger charge is 2.19. The first kappa shape index (κ1) is 20.3. The second kappa shape index (κ2) is 8.81. The Morgan fingerprint density at radius 3 is 2.80 bits per heavy atom. The first-order chi connectivity index (χ1) is 14.5. The summed E-state index contributed by atoms with van der Waals surface area (Å²) in [6.07, 6.45) is 0. The number of hydrogen-bond acceptors (Lipinski definition) is 7. The zero-order valence-corrected chi connectivity index (χ0v) is 17.5. The molecule has 1 amide bonds. The van der Waals surface area contributed by atoms with Crippen LogP contribution in [0.4, 0.5) is 5.69 Å². The van der Waals surface area contributed by atoms with Crippen molar-refractivity contribution in [2.45, 2.75) is 20.8 Å². The average Bonchev–Trinajstić information content (AvgIpc) is 3.10. The van der Waals surface area contributed by atoms with Crippen LogP contribution in [-0.4, -0.2) is 60.4 Å². The summed E-state index contributed by atoms with van der Waals surface area (Å²) in [6.45, 7) is 10.3. The molecular formula is C22H26N4O4. The minimum Gasteiger partial charge on any atom is -0.490 e. The molecule has 1 fully saturated rings. The molecule has 1 aliphatic heterocycles. The molecule has 2 aromatic heterocycles. The predicted octanol–water partition coefficient (Wildman–Crippen LogP) is 3.11. The van der Waals surface area contributed by atoms with Gasteiger partial charge < -0.3 is 19.3 Å². The highest BCUT2D eigenvalue weighted by atomic mass is 16.5. The van der Waals surface area contributed by atoms with Gasteiger partial charge in [0.15, 0.2) is 0 Å². The fourth-order valence-corrected chi connectivity index (χ4v) is 3.56. The minimum atomic E-state index is -0.250. The molecule has 0 bridgehead atoms. The molecule has 0 spiro atoms. The number of rotatable bonds is 6. The van der Waals surface area contributed by atoms with E-state index in [1.807, 2.05) is 32.0 Å². The Hall–Kier alpha value is -2.97. The maximum Gasteiger partial charge on any atom is 0.258 e. The van der Waals surface area contributed by atoms with Crippen molar-refractivity contribution in [2.24, 2.45) is 0 Å². The van der Waals surface area contributed by atoms with E-state index in [-0.39, 0.29) is 5.91 Å². The molecule has 4 rings (SSSR count). The quantitative estimate of drug-likeness (QED) is 0.668. The van der Waals surface area contributed by atoms with Gasteiger partial charge in [0.05, 0.1) is 35.5 Å². The van der Waals surface area contributed by atoms with Gasteiger partial charge in [-0.3, -0.25) is 9.69 Å². The van der Waals surface area contributed by atoms with Crippen molar-refractivity contribution in [2.75, 3.05) is 44.8 Å². The normalized spacial score (nSPS) is 14.8. The molecule has 0 radical (unpaired) electrons. The highest BCUT2D eigenvalue weighted by molar-refractivity contribution is 6.12.